The molecule has 1 aromatic heterocycles. The van der Waals surface area contributed by atoms with Crippen LogP contribution in [0.4, 0.5) is 0 Å². The first-order chi connectivity index (χ1) is 8.16. The van der Waals surface area contributed by atoms with E-state index in [2.05, 4.69) is 0 Å². The van der Waals surface area contributed by atoms with Crippen molar-refractivity contribution < 1.29 is 4.79 Å². The first-order valence-electron chi connectivity index (χ1n) is 5.95. The normalized spacial score (nSPS) is 16.1. The molecular formula is C14H14ClNO. The fraction of sp³-hybridized carbons (Fsp3) is 0.357. The summed E-state index contributed by atoms with van der Waals surface area (Å²) >= 11 is 6.01. The molecule has 1 aromatic carbocycles. The van der Waals surface area contributed by atoms with Gasteiger partial charge in [0, 0.05) is 40.7 Å². The van der Waals surface area contributed by atoms with Gasteiger partial charge < -0.3 is 4.57 Å². The number of hydrogen-bond acceptors (Lipinski definition) is 1. The highest BCUT2D eigenvalue weighted by Crippen LogP contribution is 2.33. The lowest BCUT2D eigenvalue weighted by Gasteiger charge is -2.23. The number of halogens is 1. The summed E-state index contributed by atoms with van der Waals surface area (Å²) < 4.78 is 2.00. The average Bonchev–Trinajstić information content (AvgIpc) is 2.53. The van der Waals surface area contributed by atoms with E-state index in [1.807, 2.05) is 36.0 Å². The average molecular weight is 248 g/mol. The molecule has 3 rings (SSSR count). The topological polar surface area (TPSA) is 22.0 Å². The van der Waals surface area contributed by atoms with Crippen LogP contribution in [0, 0.1) is 5.92 Å². The summed E-state index contributed by atoms with van der Waals surface area (Å²) in [4.78, 5) is 12.3. The third kappa shape index (κ3) is 1.67. The largest absolute Gasteiger partial charge is 0.350 e. The van der Waals surface area contributed by atoms with Crippen molar-refractivity contribution in [3.8, 4) is 0 Å². The lowest BCUT2D eigenvalue weighted by atomic mass is 9.80. The Labute approximate surface area is 105 Å². The molecule has 1 fully saturated rings. The second kappa shape index (κ2) is 3.88. The smallest absolute Gasteiger partial charge is 0.168 e. The standard InChI is InChI=1S/C14H14ClNO/c1-16-8-12(14(17)9-3-2-4-9)11-7-10(15)5-6-13(11)16/h5-9H,2-4H2,1H3. The van der Waals surface area contributed by atoms with Gasteiger partial charge in [-0.25, -0.2) is 0 Å². The van der Waals surface area contributed by atoms with Gasteiger partial charge in [-0.05, 0) is 31.0 Å². The molecule has 0 bridgehead atoms. The van der Waals surface area contributed by atoms with E-state index in [1.54, 1.807) is 0 Å². The van der Waals surface area contributed by atoms with Crippen LogP contribution in [-0.2, 0) is 7.05 Å². The number of hydrogen-bond donors (Lipinski definition) is 0. The molecule has 0 amide bonds. The first kappa shape index (κ1) is 10.8. The van der Waals surface area contributed by atoms with Crippen LogP contribution in [0.1, 0.15) is 29.6 Å². The van der Waals surface area contributed by atoms with E-state index in [1.165, 1.54) is 6.42 Å². The minimum Gasteiger partial charge on any atom is -0.350 e. The van der Waals surface area contributed by atoms with E-state index in [9.17, 15) is 4.79 Å². The summed E-state index contributed by atoms with van der Waals surface area (Å²) in [6, 6.07) is 5.72. The monoisotopic (exact) mass is 247 g/mol. The molecule has 1 heterocycles. The highest BCUT2D eigenvalue weighted by Gasteiger charge is 2.28. The van der Waals surface area contributed by atoms with Gasteiger partial charge in [0.15, 0.2) is 5.78 Å². The highest BCUT2D eigenvalue weighted by molar-refractivity contribution is 6.31. The third-order valence-corrected chi connectivity index (χ3v) is 3.93. The van der Waals surface area contributed by atoms with Crippen molar-refractivity contribution in [2.45, 2.75) is 19.3 Å². The Morgan fingerprint density at radius 1 is 1.41 bits per heavy atom. The number of carbonyl (C=O) groups is 1. The number of ketones is 1. The molecule has 2 nitrogen and oxygen atoms in total. The van der Waals surface area contributed by atoms with E-state index >= 15 is 0 Å². The molecule has 3 heteroatoms. The molecule has 1 aliphatic carbocycles. The van der Waals surface area contributed by atoms with Gasteiger partial charge in [-0.1, -0.05) is 18.0 Å². The van der Waals surface area contributed by atoms with Crippen molar-refractivity contribution >= 4 is 28.3 Å². The fourth-order valence-electron chi connectivity index (χ4n) is 2.45. The molecule has 1 aliphatic rings. The second-order valence-corrected chi connectivity index (χ2v) is 5.24. The molecule has 0 aliphatic heterocycles. The van der Waals surface area contributed by atoms with E-state index < -0.39 is 0 Å². The maximum atomic E-state index is 12.3. The Balaban J connectivity index is 2.15. The van der Waals surface area contributed by atoms with E-state index in [0.29, 0.717) is 5.02 Å². The lowest BCUT2D eigenvalue weighted by Crippen LogP contribution is -2.21. The van der Waals surface area contributed by atoms with Crippen LogP contribution in [0.2, 0.25) is 5.02 Å². The first-order valence-corrected chi connectivity index (χ1v) is 6.33. The quantitative estimate of drug-likeness (QED) is 0.740. The highest BCUT2D eigenvalue weighted by atomic mass is 35.5. The van der Waals surface area contributed by atoms with Gasteiger partial charge in [-0.3, -0.25) is 4.79 Å². The van der Waals surface area contributed by atoms with Crippen molar-refractivity contribution in [3.63, 3.8) is 0 Å². The third-order valence-electron chi connectivity index (χ3n) is 3.69. The number of carbonyl (C=O) groups excluding carboxylic acids is 1. The Kier molecular flexibility index (Phi) is 2.48. The number of aryl methyl sites for hydroxylation is 1. The summed E-state index contributed by atoms with van der Waals surface area (Å²) in [5.41, 5.74) is 1.90. The maximum absolute atomic E-state index is 12.3. The van der Waals surface area contributed by atoms with Crippen molar-refractivity contribution in [1.82, 2.24) is 4.57 Å². The minimum absolute atomic E-state index is 0.236. The van der Waals surface area contributed by atoms with Crippen molar-refractivity contribution in [1.29, 1.82) is 0 Å². The van der Waals surface area contributed by atoms with E-state index in [0.717, 1.165) is 29.3 Å². The Morgan fingerprint density at radius 2 is 2.18 bits per heavy atom. The number of fused-ring (bicyclic) bond motifs is 1. The number of nitrogens with zero attached hydrogens (tertiary/aromatic N) is 1. The van der Waals surface area contributed by atoms with Crippen LogP contribution >= 0.6 is 11.6 Å². The predicted molar refractivity (Wildman–Crippen MR) is 69.6 cm³/mol. The van der Waals surface area contributed by atoms with Crippen LogP contribution in [0.25, 0.3) is 10.9 Å². The molecule has 88 valence electrons. The van der Waals surface area contributed by atoms with Crippen molar-refractivity contribution in [2.75, 3.05) is 0 Å². The predicted octanol–water partition coefficient (Wildman–Crippen LogP) is 3.81. The van der Waals surface area contributed by atoms with Gasteiger partial charge >= 0.3 is 0 Å². The molecular weight excluding hydrogens is 234 g/mol. The van der Waals surface area contributed by atoms with Crippen LogP contribution in [0.3, 0.4) is 0 Å². The number of Topliss-reactive ketones (excluding diaryl/α,β-unsaturated/α-hetero) is 1. The SMILES string of the molecule is Cn1cc(C(=O)C2CCC2)c2cc(Cl)ccc21. The minimum atomic E-state index is 0.236. The molecule has 2 aromatic rings. The molecule has 17 heavy (non-hydrogen) atoms. The van der Waals surface area contributed by atoms with Crippen LogP contribution in [0.5, 0.6) is 0 Å². The lowest BCUT2D eigenvalue weighted by molar-refractivity contribution is 0.0857. The molecule has 0 radical (unpaired) electrons. The Bertz CT molecular complexity index is 596. The van der Waals surface area contributed by atoms with Gasteiger partial charge in [0.2, 0.25) is 0 Å². The van der Waals surface area contributed by atoms with Crippen LogP contribution < -0.4 is 0 Å². The summed E-state index contributed by atoms with van der Waals surface area (Å²) in [5, 5.41) is 1.67. The molecule has 0 saturated heterocycles. The second-order valence-electron chi connectivity index (χ2n) is 4.81. The van der Waals surface area contributed by atoms with Crippen molar-refractivity contribution in [3.05, 3.63) is 35.0 Å². The molecule has 0 unspecified atom stereocenters. The number of rotatable bonds is 2. The zero-order valence-electron chi connectivity index (χ0n) is 9.74. The summed E-state index contributed by atoms with van der Waals surface area (Å²) in [6.45, 7) is 0. The van der Waals surface area contributed by atoms with Crippen molar-refractivity contribution in [2.24, 2.45) is 13.0 Å². The zero-order valence-corrected chi connectivity index (χ0v) is 10.5. The molecule has 0 spiro atoms. The summed E-state index contributed by atoms with van der Waals surface area (Å²) in [7, 11) is 1.97. The number of benzene rings is 1. The van der Waals surface area contributed by atoms with E-state index in [4.69, 9.17) is 11.6 Å². The Hall–Kier alpha value is -1.28. The molecule has 1 saturated carbocycles. The fourth-order valence-corrected chi connectivity index (χ4v) is 2.62. The zero-order chi connectivity index (χ0) is 12.0. The van der Waals surface area contributed by atoms with Gasteiger partial charge in [0.05, 0.1) is 0 Å². The van der Waals surface area contributed by atoms with Crippen LogP contribution in [-0.4, -0.2) is 10.4 Å². The maximum Gasteiger partial charge on any atom is 0.168 e. The van der Waals surface area contributed by atoms with Gasteiger partial charge in [-0.2, -0.15) is 0 Å². The summed E-state index contributed by atoms with van der Waals surface area (Å²) in [5.74, 6) is 0.517. The van der Waals surface area contributed by atoms with E-state index in [-0.39, 0.29) is 11.7 Å². The summed E-state index contributed by atoms with van der Waals surface area (Å²) in [6.07, 6.45) is 5.19. The molecule has 0 atom stereocenters. The van der Waals surface area contributed by atoms with Gasteiger partial charge in [0.25, 0.3) is 0 Å². The Morgan fingerprint density at radius 3 is 2.82 bits per heavy atom. The number of aromatic nitrogens is 1. The van der Waals surface area contributed by atoms with Gasteiger partial charge in [0.1, 0.15) is 0 Å². The van der Waals surface area contributed by atoms with Gasteiger partial charge in [-0.15, -0.1) is 0 Å². The molecule has 0 N–H and O–H groups in total. The van der Waals surface area contributed by atoms with Crippen LogP contribution in [0.15, 0.2) is 24.4 Å².